The van der Waals surface area contributed by atoms with E-state index in [4.69, 9.17) is 23.8 Å². The Kier molecular flexibility index (Phi) is 6.37. The highest BCUT2D eigenvalue weighted by Crippen LogP contribution is 2.38. The van der Waals surface area contributed by atoms with Crippen molar-refractivity contribution in [1.82, 2.24) is 9.80 Å². The molecular formula is C22H24ClN3OS. The molecule has 0 bridgehead atoms. The fraction of sp³-hybridized carbons (Fsp3) is 0.273. The molecular weight excluding hydrogens is 390 g/mol. The van der Waals surface area contributed by atoms with E-state index in [1.165, 1.54) is 0 Å². The van der Waals surface area contributed by atoms with E-state index in [0.29, 0.717) is 23.7 Å². The van der Waals surface area contributed by atoms with Crippen molar-refractivity contribution in [2.24, 2.45) is 0 Å². The number of hydrogen-bond donors (Lipinski definition) is 1. The topological polar surface area (TPSA) is 35.6 Å². The summed E-state index contributed by atoms with van der Waals surface area (Å²) in [5.74, 6) is -0.122. The minimum atomic E-state index is -0.263. The first-order chi connectivity index (χ1) is 13.5. The van der Waals surface area contributed by atoms with Gasteiger partial charge in [-0.3, -0.25) is 4.79 Å². The van der Waals surface area contributed by atoms with Gasteiger partial charge in [-0.25, -0.2) is 0 Å². The molecule has 28 heavy (non-hydrogen) atoms. The second-order valence-corrected chi connectivity index (χ2v) is 7.39. The summed E-state index contributed by atoms with van der Waals surface area (Å²) in [5.41, 5.74) is 3.33. The number of carbonyl (C=O) groups excluding carboxylic acids is 1. The Morgan fingerprint density at radius 2 is 1.71 bits per heavy atom. The van der Waals surface area contributed by atoms with Gasteiger partial charge in [0.15, 0.2) is 5.11 Å². The molecule has 0 fully saturated rings. The lowest BCUT2D eigenvalue weighted by Crippen LogP contribution is -2.50. The zero-order valence-corrected chi connectivity index (χ0v) is 17.8. The summed E-state index contributed by atoms with van der Waals surface area (Å²) in [6, 6.07) is 16.9. The van der Waals surface area contributed by atoms with E-state index in [-0.39, 0.29) is 11.9 Å². The summed E-state index contributed by atoms with van der Waals surface area (Å²) in [6.45, 7) is 7.45. The molecule has 1 heterocycles. The SMILES string of the molecule is CCN1C(=S)N(CC)[C@H](c2ccc(Cl)cc2)C(C(=O)Nc2ccccc2)=C1C. The maximum Gasteiger partial charge on any atom is 0.255 e. The van der Waals surface area contributed by atoms with Crippen molar-refractivity contribution in [2.75, 3.05) is 18.4 Å². The lowest BCUT2D eigenvalue weighted by Gasteiger charge is -2.44. The molecule has 1 amide bonds. The fourth-order valence-corrected chi connectivity index (χ4v) is 4.22. The van der Waals surface area contributed by atoms with E-state index in [9.17, 15) is 4.79 Å². The van der Waals surface area contributed by atoms with E-state index in [1.807, 2.05) is 73.3 Å². The van der Waals surface area contributed by atoms with Gasteiger partial charge in [0.2, 0.25) is 0 Å². The number of hydrogen-bond acceptors (Lipinski definition) is 2. The normalized spacial score (nSPS) is 17.1. The van der Waals surface area contributed by atoms with Crippen LogP contribution in [-0.4, -0.2) is 33.9 Å². The van der Waals surface area contributed by atoms with Crippen molar-refractivity contribution in [3.05, 3.63) is 76.5 Å². The zero-order chi connectivity index (χ0) is 20.3. The van der Waals surface area contributed by atoms with Gasteiger partial charge in [-0.1, -0.05) is 41.9 Å². The molecule has 0 saturated carbocycles. The molecule has 0 spiro atoms. The number of carbonyl (C=O) groups is 1. The van der Waals surface area contributed by atoms with Gasteiger partial charge >= 0.3 is 0 Å². The van der Waals surface area contributed by atoms with Crippen molar-refractivity contribution in [2.45, 2.75) is 26.8 Å². The average molecular weight is 414 g/mol. The van der Waals surface area contributed by atoms with E-state index >= 15 is 0 Å². The Morgan fingerprint density at radius 3 is 2.29 bits per heavy atom. The van der Waals surface area contributed by atoms with Gasteiger partial charge in [-0.05, 0) is 62.8 Å². The Morgan fingerprint density at radius 1 is 1.07 bits per heavy atom. The Labute approximate surface area is 176 Å². The van der Waals surface area contributed by atoms with Crippen molar-refractivity contribution in [3.63, 3.8) is 0 Å². The van der Waals surface area contributed by atoms with Gasteiger partial charge in [0, 0.05) is 29.5 Å². The summed E-state index contributed by atoms with van der Waals surface area (Å²) >= 11 is 11.8. The van der Waals surface area contributed by atoms with Crippen LogP contribution >= 0.6 is 23.8 Å². The summed E-state index contributed by atoms with van der Waals surface area (Å²) < 4.78 is 0. The maximum atomic E-state index is 13.4. The highest BCUT2D eigenvalue weighted by Gasteiger charge is 2.38. The third kappa shape index (κ3) is 3.91. The number of benzene rings is 2. The third-order valence-electron chi connectivity index (χ3n) is 4.98. The molecule has 0 saturated heterocycles. The number of nitrogens with zero attached hydrogens (tertiary/aromatic N) is 2. The number of thiocarbonyl (C=S) groups is 1. The molecule has 2 aromatic carbocycles. The average Bonchev–Trinajstić information content (AvgIpc) is 2.69. The standard InChI is InChI=1S/C22H24ClN3OS/c1-4-25-15(3)19(21(27)24-18-9-7-6-8-10-18)20(26(5-2)22(25)28)16-11-13-17(23)14-12-16/h6-14,20H,4-5H2,1-3H3,(H,24,27)/t20-/m1/s1. The number of rotatable bonds is 5. The summed E-state index contributed by atoms with van der Waals surface area (Å²) in [4.78, 5) is 17.5. The van der Waals surface area contributed by atoms with Gasteiger partial charge in [0.1, 0.15) is 0 Å². The summed E-state index contributed by atoms with van der Waals surface area (Å²) in [5, 5.41) is 4.44. The second kappa shape index (κ2) is 8.76. The monoisotopic (exact) mass is 413 g/mol. The van der Waals surface area contributed by atoms with E-state index in [0.717, 1.165) is 22.1 Å². The molecule has 0 aliphatic carbocycles. The van der Waals surface area contributed by atoms with Crippen LogP contribution in [0.5, 0.6) is 0 Å². The summed E-state index contributed by atoms with van der Waals surface area (Å²) in [6.07, 6.45) is 0. The van der Waals surface area contributed by atoms with Crippen molar-refractivity contribution >= 4 is 40.5 Å². The van der Waals surface area contributed by atoms with Crippen molar-refractivity contribution in [1.29, 1.82) is 0 Å². The van der Waals surface area contributed by atoms with E-state index in [1.54, 1.807) is 0 Å². The van der Waals surface area contributed by atoms with Crippen LogP contribution in [0, 0.1) is 0 Å². The minimum absolute atomic E-state index is 0.122. The lowest BCUT2D eigenvalue weighted by atomic mass is 9.92. The van der Waals surface area contributed by atoms with Gasteiger partial charge in [-0.2, -0.15) is 0 Å². The molecule has 0 radical (unpaired) electrons. The Hall–Kier alpha value is -2.37. The number of nitrogens with one attached hydrogen (secondary N) is 1. The molecule has 1 N–H and O–H groups in total. The first-order valence-corrected chi connectivity index (χ1v) is 10.2. The quantitative estimate of drug-likeness (QED) is 0.680. The number of amides is 1. The Balaban J connectivity index is 2.10. The lowest BCUT2D eigenvalue weighted by molar-refractivity contribution is -0.113. The highest BCUT2D eigenvalue weighted by molar-refractivity contribution is 7.80. The Bertz CT molecular complexity index is 896. The number of likely N-dealkylation sites (N-methyl/N-ethyl adjacent to an activating group) is 1. The largest absolute Gasteiger partial charge is 0.338 e. The van der Waals surface area contributed by atoms with Crippen LogP contribution in [-0.2, 0) is 4.79 Å². The van der Waals surface area contributed by atoms with Crippen LogP contribution in [0.1, 0.15) is 32.4 Å². The number of halogens is 1. The van der Waals surface area contributed by atoms with Crippen molar-refractivity contribution in [3.8, 4) is 0 Å². The molecule has 0 unspecified atom stereocenters. The highest BCUT2D eigenvalue weighted by atomic mass is 35.5. The number of para-hydroxylation sites is 1. The predicted molar refractivity (Wildman–Crippen MR) is 119 cm³/mol. The first-order valence-electron chi connectivity index (χ1n) is 9.38. The maximum absolute atomic E-state index is 13.4. The molecule has 1 aliphatic rings. The molecule has 2 aromatic rings. The van der Waals surface area contributed by atoms with Crippen LogP contribution < -0.4 is 5.32 Å². The molecule has 6 heteroatoms. The van der Waals surface area contributed by atoms with Gasteiger partial charge in [0.05, 0.1) is 11.6 Å². The van der Waals surface area contributed by atoms with Crippen molar-refractivity contribution < 1.29 is 4.79 Å². The fourth-order valence-electron chi connectivity index (χ4n) is 3.60. The molecule has 4 nitrogen and oxygen atoms in total. The minimum Gasteiger partial charge on any atom is -0.338 e. The molecule has 3 rings (SSSR count). The van der Waals surface area contributed by atoms with Gasteiger partial charge in [-0.15, -0.1) is 0 Å². The van der Waals surface area contributed by atoms with Gasteiger partial charge < -0.3 is 15.1 Å². The first kappa shape index (κ1) is 20.4. The summed E-state index contributed by atoms with van der Waals surface area (Å²) in [7, 11) is 0. The third-order valence-corrected chi connectivity index (χ3v) is 5.68. The molecule has 1 atom stereocenters. The predicted octanol–water partition coefficient (Wildman–Crippen LogP) is 5.24. The number of allylic oxidation sites excluding steroid dienone is 1. The number of anilines is 1. The van der Waals surface area contributed by atoms with Gasteiger partial charge in [0.25, 0.3) is 5.91 Å². The van der Waals surface area contributed by atoms with E-state index in [2.05, 4.69) is 17.1 Å². The van der Waals surface area contributed by atoms with E-state index < -0.39 is 0 Å². The van der Waals surface area contributed by atoms with Crippen LogP contribution in [0.3, 0.4) is 0 Å². The molecule has 1 aliphatic heterocycles. The molecule has 0 aromatic heterocycles. The van der Waals surface area contributed by atoms with Crippen LogP contribution in [0.15, 0.2) is 65.9 Å². The smallest absolute Gasteiger partial charge is 0.255 e. The zero-order valence-electron chi connectivity index (χ0n) is 16.3. The van der Waals surface area contributed by atoms with Crippen LogP contribution in [0.4, 0.5) is 5.69 Å². The van der Waals surface area contributed by atoms with Crippen LogP contribution in [0.25, 0.3) is 0 Å². The van der Waals surface area contributed by atoms with Crippen LogP contribution in [0.2, 0.25) is 5.02 Å². The second-order valence-electron chi connectivity index (χ2n) is 6.59. The molecule has 146 valence electrons.